The molecule has 0 N–H and O–H groups in total. The van der Waals surface area contributed by atoms with Crippen LogP contribution in [0.15, 0.2) is 45.6 Å². The third-order valence-corrected chi connectivity index (χ3v) is 5.42. The minimum absolute atomic E-state index is 0.186. The zero-order valence-corrected chi connectivity index (χ0v) is 13.8. The Morgan fingerprint density at radius 2 is 1.92 bits per heavy atom. The fraction of sp³-hybridized carbons (Fsp3) is 0.312. The molecule has 3 rings (SSSR count). The van der Waals surface area contributed by atoms with Crippen molar-refractivity contribution in [2.75, 3.05) is 13.1 Å². The van der Waals surface area contributed by atoms with E-state index in [2.05, 4.69) is 0 Å². The molecule has 8 heteroatoms. The van der Waals surface area contributed by atoms with Gasteiger partial charge in [0.1, 0.15) is 23.4 Å². The third kappa shape index (κ3) is 3.82. The van der Waals surface area contributed by atoms with Crippen molar-refractivity contribution in [2.45, 2.75) is 18.8 Å². The molecule has 24 heavy (non-hydrogen) atoms. The van der Waals surface area contributed by atoms with Gasteiger partial charge in [0, 0.05) is 6.07 Å². The van der Waals surface area contributed by atoms with E-state index >= 15 is 0 Å². The van der Waals surface area contributed by atoms with Crippen LogP contribution in [0.4, 0.5) is 4.39 Å². The van der Waals surface area contributed by atoms with Crippen LogP contribution < -0.4 is 10.4 Å². The van der Waals surface area contributed by atoms with Crippen LogP contribution in [0.5, 0.6) is 5.75 Å². The van der Waals surface area contributed by atoms with Crippen molar-refractivity contribution in [1.29, 1.82) is 0 Å². The van der Waals surface area contributed by atoms with Gasteiger partial charge in [0.05, 0.1) is 24.9 Å². The highest BCUT2D eigenvalue weighted by molar-refractivity contribution is 7.88. The highest BCUT2D eigenvalue weighted by Gasteiger charge is 2.37. The largest absolute Gasteiger partial charge is 0.487 e. The molecule has 0 saturated carbocycles. The highest BCUT2D eigenvalue weighted by atomic mass is 32.2. The second-order valence-corrected chi connectivity index (χ2v) is 7.63. The average Bonchev–Trinajstić information content (AvgIpc) is 2.43. The van der Waals surface area contributed by atoms with Gasteiger partial charge in [-0.3, -0.25) is 0 Å². The first-order valence-corrected chi connectivity index (χ1v) is 8.93. The quantitative estimate of drug-likeness (QED) is 0.817. The van der Waals surface area contributed by atoms with Gasteiger partial charge in [-0.25, -0.2) is 17.6 Å². The number of benzene rings is 1. The van der Waals surface area contributed by atoms with Gasteiger partial charge in [0.2, 0.25) is 10.0 Å². The molecular weight excluding hydrogens is 337 g/mol. The molecule has 1 fully saturated rings. The maximum atomic E-state index is 12.9. The zero-order chi connectivity index (χ0) is 17.3. The van der Waals surface area contributed by atoms with E-state index in [9.17, 15) is 17.6 Å². The maximum Gasteiger partial charge on any atom is 0.339 e. The van der Waals surface area contributed by atoms with Crippen LogP contribution >= 0.6 is 0 Å². The van der Waals surface area contributed by atoms with E-state index in [1.807, 2.05) is 0 Å². The number of sulfonamides is 1. The van der Waals surface area contributed by atoms with E-state index in [1.54, 1.807) is 13.0 Å². The molecule has 0 radical (unpaired) electrons. The van der Waals surface area contributed by atoms with E-state index in [-0.39, 0.29) is 24.9 Å². The van der Waals surface area contributed by atoms with E-state index in [0.717, 1.165) is 0 Å². The highest BCUT2D eigenvalue weighted by Crippen LogP contribution is 2.22. The maximum absolute atomic E-state index is 12.9. The zero-order valence-electron chi connectivity index (χ0n) is 12.9. The lowest BCUT2D eigenvalue weighted by Crippen LogP contribution is -2.56. The molecule has 1 aliphatic heterocycles. The van der Waals surface area contributed by atoms with Gasteiger partial charge in [0.15, 0.2) is 0 Å². The Morgan fingerprint density at radius 3 is 2.54 bits per heavy atom. The fourth-order valence-electron chi connectivity index (χ4n) is 2.42. The average molecular weight is 353 g/mol. The number of rotatable bonds is 5. The summed E-state index contributed by atoms with van der Waals surface area (Å²) in [6, 6.07) is 8.17. The number of hydrogen-bond donors (Lipinski definition) is 0. The lowest BCUT2D eigenvalue weighted by molar-refractivity contribution is 0.0753. The summed E-state index contributed by atoms with van der Waals surface area (Å²) in [6.07, 6.45) is -0.311. The van der Waals surface area contributed by atoms with Gasteiger partial charge in [0.25, 0.3) is 0 Å². The third-order valence-electron chi connectivity index (χ3n) is 3.64. The predicted octanol–water partition coefficient (Wildman–Crippen LogP) is 1.68. The summed E-state index contributed by atoms with van der Waals surface area (Å²) in [5.41, 5.74) is 0.0159. The molecule has 1 aliphatic rings. The number of hydrogen-bond acceptors (Lipinski definition) is 5. The fourth-order valence-corrected chi connectivity index (χ4v) is 4.00. The predicted molar refractivity (Wildman–Crippen MR) is 84.7 cm³/mol. The number of aryl methyl sites for hydroxylation is 1. The van der Waals surface area contributed by atoms with E-state index in [4.69, 9.17) is 9.15 Å². The van der Waals surface area contributed by atoms with Crippen molar-refractivity contribution >= 4 is 10.0 Å². The molecule has 6 nitrogen and oxygen atoms in total. The standard InChI is InChI=1S/C16H16FNO5S/c1-11-6-14(7-16(19)22-11)23-15-8-18(9-15)24(20,21)10-12-2-4-13(17)5-3-12/h2-7,15H,8-10H2,1H3. The second-order valence-electron chi connectivity index (χ2n) is 5.66. The molecule has 0 spiro atoms. The second kappa shape index (κ2) is 6.37. The first-order valence-electron chi connectivity index (χ1n) is 7.32. The molecule has 1 saturated heterocycles. The number of nitrogens with zero attached hydrogens (tertiary/aromatic N) is 1. The summed E-state index contributed by atoms with van der Waals surface area (Å²) in [5, 5.41) is 0. The molecule has 128 valence electrons. The van der Waals surface area contributed by atoms with Crippen LogP contribution in [-0.2, 0) is 15.8 Å². The summed E-state index contributed by atoms with van der Waals surface area (Å²) in [7, 11) is -3.48. The minimum Gasteiger partial charge on any atom is -0.487 e. The van der Waals surface area contributed by atoms with Gasteiger partial charge in [-0.05, 0) is 24.6 Å². The van der Waals surface area contributed by atoms with Gasteiger partial charge < -0.3 is 9.15 Å². The van der Waals surface area contributed by atoms with Gasteiger partial charge in [-0.15, -0.1) is 0 Å². The van der Waals surface area contributed by atoms with Crippen LogP contribution in [0.2, 0.25) is 0 Å². The van der Waals surface area contributed by atoms with Crippen molar-refractivity contribution in [3.8, 4) is 5.75 Å². The van der Waals surface area contributed by atoms with Crippen LogP contribution in [0.25, 0.3) is 0 Å². The van der Waals surface area contributed by atoms with Crippen molar-refractivity contribution in [1.82, 2.24) is 4.31 Å². The molecule has 1 aromatic heterocycles. The Balaban J connectivity index is 1.58. The SMILES string of the molecule is Cc1cc(OC2CN(S(=O)(=O)Cc3ccc(F)cc3)C2)cc(=O)o1. The Kier molecular flexibility index (Phi) is 4.42. The monoisotopic (exact) mass is 353 g/mol. The van der Waals surface area contributed by atoms with Crippen molar-refractivity contribution in [2.24, 2.45) is 0 Å². The minimum atomic E-state index is -3.48. The summed E-state index contributed by atoms with van der Waals surface area (Å²) in [5.74, 6) is 0.201. The normalized spacial score (nSPS) is 15.9. The smallest absolute Gasteiger partial charge is 0.339 e. The Bertz CT molecular complexity index is 885. The lowest BCUT2D eigenvalue weighted by atomic mass is 10.2. The van der Waals surface area contributed by atoms with Gasteiger partial charge >= 0.3 is 5.63 Å². The summed E-state index contributed by atoms with van der Waals surface area (Å²) < 4.78 is 49.2. The number of halogens is 1. The summed E-state index contributed by atoms with van der Waals surface area (Å²) in [4.78, 5) is 11.3. The molecule has 1 aromatic carbocycles. The number of ether oxygens (including phenoxy) is 1. The van der Waals surface area contributed by atoms with Crippen LogP contribution in [0.1, 0.15) is 11.3 Å². The van der Waals surface area contributed by atoms with Gasteiger partial charge in [-0.2, -0.15) is 4.31 Å². The van der Waals surface area contributed by atoms with E-state index < -0.39 is 21.5 Å². The molecular formula is C16H16FNO5S. The van der Waals surface area contributed by atoms with Crippen LogP contribution in [0.3, 0.4) is 0 Å². The van der Waals surface area contributed by atoms with E-state index in [1.165, 1.54) is 34.6 Å². The molecule has 2 heterocycles. The van der Waals surface area contributed by atoms with Gasteiger partial charge in [-0.1, -0.05) is 12.1 Å². The Labute approximate surface area is 138 Å². The Morgan fingerprint density at radius 1 is 1.25 bits per heavy atom. The Hall–Kier alpha value is -2.19. The first kappa shape index (κ1) is 16.7. The molecule has 0 unspecified atom stereocenters. The summed E-state index contributed by atoms with van der Waals surface area (Å²) >= 11 is 0. The van der Waals surface area contributed by atoms with Crippen molar-refractivity contribution in [3.63, 3.8) is 0 Å². The topological polar surface area (TPSA) is 76.8 Å². The molecule has 0 amide bonds. The van der Waals surface area contributed by atoms with Crippen LogP contribution in [-0.4, -0.2) is 31.9 Å². The van der Waals surface area contributed by atoms with Crippen molar-refractivity contribution < 1.29 is 22.0 Å². The molecule has 0 aliphatic carbocycles. The molecule has 0 atom stereocenters. The van der Waals surface area contributed by atoms with Crippen LogP contribution in [0, 0.1) is 12.7 Å². The molecule has 0 bridgehead atoms. The van der Waals surface area contributed by atoms with Crippen molar-refractivity contribution in [3.05, 3.63) is 64.0 Å². The molecule has 2 aromatic rings. The lowest BCUT2D eigenvalue weighted by Gasteiger charge is -2.37. The first-order chi connectivity index (χ1) is 11.3. The van der Waals surface area contributed by atoms with E-state index in [0.29, 0.717) is 17.1 Å². The summed E-state index contributed by atoms with van der Waals surface area (Å²) in [6.45, 7) is 2.06.